The first-order chi connectivity index (χ1) is 12.0. The molecule has 0 radical (unpaired) electrons. The fraction of sp³-hybridized carbons (Fsp3) is 0.105. The van der Waals surface area contributed by atoms with E-state index in [2.05, 4.69) is 27.6 Å². The molecule has 5 nitrogen and oxygen atoms in total. The summed E-state index contributed by atoms with van der Waals surface area (Å²) < 4.78 is 3.09. The third-order valence-electron chi connectivity index (χ3n) is 3.96. The Morgan fingerprint density at radius 2 is 1.88 bits per heavy atom. The predicted octanol–water partition coefficient (Wildman–Crippen LogP) is 5.36. The number of hydrogen-bond acceptors (Lipinski definition) is 3. The molecule has 25 heavy (non-hydrogen) atoms. The van der Waals surface area contributed by atoms with Gasteiger partial charge in [0.15, 0.2) is 0 Å². The van der Waals surface area contributed by atoms with Crippen molar-refractivity contribution in [3.05, 3.63) is 85.2 Å². The summed E-state index contributed by atoms with van der Waals surface area (Å²) >= 11 is 2.26. The molecule has 1 aromatic heterocycles. The number of aryl methyl sites for hydroxylation is 1. The van der Waals surface area contributed by atoms with Crippen molar-refractivity contribution < 1.29 is 4.92 Å². The van der Waals surface area contributed by atoms with Crippen molar-refractivity contribution in [1.82, 2.24) is 4.57 Å². The van der Waals surface area contributed by atoms with Gasteiger partial charge in [-0.25, -0.2) is 0 Å². The first kappa shape index (κ1) is 17.3. The Morgan fingerprint density at radius 1 is 1.12 bits per heavy atom. The molecule has 0 atom stereocenters. The van der Waals surface area contributed by atoms with E-state index in [1.165, 1.54) is 6.07 Å². The second kappa shape index (κ2) is 7.18. The highest BCUT2D eigenvalue weighted by molar-refractivity contribution is 14.1. The minimum absolute atomic E-state index is 0.0825. The molecule has 0 saturated carbocycles. The van der Waals surface area contributed by atoms with E-state index < -0.39 is 0 Å². The Balaban J connectivity index is 2.01. The van der Waals surface area contributed by atoms with E-state index in [0.29, 0.717) is 0 Å². The van der Waals surface area contributed by atoms with E-state index in [9.17, 15) is 10.1 Å². The Bertz CT molecular complexity index is 977. The van der Waals surface area contributed by atoms with Crippen LogP contribution in [0, 0.1) is 27.5 Å². The molecule has 1 heterocycles. The molecular formula is C19H16IN3O2. The minimum Gasteiger partial charge on any atom is -0.318 e. The number of aliphatic imine (C=N–C) groups is 1. The summed E-state index contributed by atoms with van der Waals surface area (Å²) in [7, 11) is 0. The van der Waals surface area contributed by atoms with Gasteiger partial charge in [-0.05, 0) is 60.7 Å². The van der Waals surface area contributed by atoms with Crippen molar-refractivity contribution in [1.29, 1.82) is 0 Å². The number of nitro benzene ring substituents is 1. The van der Waals surface area contributed by atoms with Gasteiger partial charge in [0.1, 0.15) is 0 Å². The summed E-state index contributed by atoms with van der Waals surface area (Å²) in [6, 6.07) is 16.6. The van der Waals surface area contributed by atoms with Crippen LogP contribution in [0.25, 0.3) is 5.69 Å². The molecule has 0 N–H and O–H groups in total. The van der Waals surface area contributed by atoms with E-state index in [-0.39, 0.29) is 10.6 Å². The molecule has 0 unspecified atom stereocenters. The fourth-order valence-corrected chi connectivity index (χ4v) is 3.28. The van der Waals surface area contributed by atoms with Gasteiger partial charge in [-0.1, -0.05) is 18.2 Å². The van der Waals surface area contributed by atoms with Gasteiger partial charge in [0.2, 0.25) is 0 Å². The van der Waals surface area contributed by atoms with Crippen LogP contribution in [0.4, 0.5) is 11.4 Å². The first-order valence-corrected chi connectivity index (χ1v) is 8.77. The van der Waals surface area contributed by atoms with Crippen molar-refractivity contribution in [3.63, 3.8) is 0 Å². The zero-order chi connectivity index (χ0) is 18.0. The molecule has 0 saturated heterocycles. The lowest BCUT2D eigenvalue weighted by Gasteiger charge is -2.09. The van der Waals surface area contributed by atoms with Gasteiger partial charge in [-0.2, -0.15) is 0 Å². The van der Waals surface area contributed by atoms with Crippen LogP contribution in [0.15, 0.2) is 59.6 Å². The van der Waals surface area contributed by atoms with Crippen molar-refractivity contribution in [3.8, 4) is 5.69 Å². The molecule has 0 amide bonds. The summed E-state index contributed by atoms with van der Waals surface area (Å²) in [4.78, 5) is 15.2. The van der Waals surface area contributed by atoms with Gasteiger partial charge in [0.25, 0.3) is 5.69 Å². The van der Waals surface area contributed by atoms with E-state index in [0.717, 1.165) is 31.9 Å². The number of non-ortho nitro benzene ring substituents is 1. The average Bonchev–Trinajstić information content (AvgIpc) is 2.88. The number of rotatable bonds is 4. The second-order valence-corrected chi connectivity index (χ2v) is 6.81. The summed E-state index contributed by atoms with van der Waals surface area (Å²) in [5, 5.41) is 11.0. The van der Waals surface area contributed by atoms with Gasteiger partial charge < -0.3 is 4.57 Å². The molecule has 0 aliphatic rings. The molecule has 2 aromatic carbocycles. The highest BCUT2D eigenvalue weighted by Crippen LogP contribution is 2.24. The third kappa shape index (κ3) is 3.63. The number of aromatic nitrogens is 1. The molecular weight excluding hydrogens is 429 g/mol. The van der Waals surface area contributed by atoms with E-state index in [1.807, 2.05) is 61.0 Å². The number of nitrogens with zero attached hydrogens (tertiary/aromatic N) is 3. The lowest BCUT2D eigenvalue weighted by atomic mass is 10.2. The smallest absolute Gasteiger partial charge is 0.271 e. The number of nitro groups is 1. The van der Waals surface area contributed by atoms with Crippen LogP contribution in [-0.2, 0) is 0 Å². The van der Waals surface area contributed by atoms with Gasteiger partial charge in [-0.3, -0.25) is 15.1 Å². The van der Waals surface area contributed by atoms with Crippen LogP contribution in [0.2, 0.25) is 0 Å². The Labute approximate surface area is 159 Å². The monoisotopic (exact) mass is 445 g/mol. The van der Waals surface area contributed by atoms with E-state index in [1.54, 1.807) is 12.1 Å². The van der Waals surface area contributed by atoms with Crippen molar-refractivity contribution in [2.45, 2.75) is 13.8 Å². The molecule has 6 heteroatoms. The standard InChI is InChI=1S/C19H16IN3O2/c1-13-10-15(12-21-19-9-4-3-8-18(19)20)14(2)22(13)16-6-5-7-17(11-16)23(24)25/h3-12H,1-2H3. The molecule has 3 aromatic rings. The molecule has 0 aliphatic carbocycles. The zero-order valence-electron chi connectivity index (χ0n) is 13.8. The lowest BCUT2D eigenvalue weighted by Crippen LogP contribution is -2.00. The van der Waals surface area contributed by atoms with Gasteiger partial charge in [0, 0.05) is 38.9 Å². The number of hydrogen-bond donors (Lipinski definition) is 0. The molecule has 0 spiro atoms. The van der Waals surface area contributed by atoms with Crippen LogP contribution in [-0.4, -0.2) is 15.7 Å². The van der Waals surface area contributed by atoms with E-state index >= 15 is 0 Å². The van der Waals surface area contributed by atoms with Crippen LogP contribution < -0.4 is 0 Å². The SMILES string of the molecule is Cc1cc(C=Nc2ccccc2I)c(C)n1-c1cccc([N+](=O)[O-])c1. The van der Waals surface area contributed by atoms with Crippen molar-refractivity contribution >= 4 is 40.2 Å². The first-order valence-electron chi connectivity index (χ1n) is 7.70. The van der Waals surface area contributed by atoms with Crippen LogP contribution in [0.5, 0.6) is 0 Å². The van der Waals surface area contributed by atoms with Crippen LogP contribution in [0.1, 0.15) is 17.0 Å². The quantitative estimate of drug-likeness (QED) is 0.235. The molecule has 0 fully saturated rings. The molecule has 3 rings (SSSR count). The zero-order valence-corrected chi connectivity index (χ0v) is 16.0. The average molecular weight is 445 g/mol. The summed E-state index contributed by atoms with van der Waals surface area (Å²) in [5.41, 5.74) is 4.76. The normalized spacial score (nSPS) is 11.2. The third-order valence-corrected chi connectivity index (χ3v) is 4.88. The number of para-hydroxylation sites is 1. The van der Waals surface area contributed by atoms with Gasteiger partial charge in [0.05, 0.1) is 16.3 Å². The molecule has 126 valence electrons. The maximum absolute atomic E-state index is 11.0. The summed E-state index contributed by atoms with van der Waals surface area (Å²) in [6.07, 6.45) is 1.84. The Morgan fingerprint density at radius 3 is 2.60 bits per heavy atom. The summed E-state index contributed by atoms with van der Waals surface area (Å²) in [6.45, 7) is 3.97. The van der Waals surface area contributed by atoms with Gasteiger partial charge in [-0.15, -0.1) is 0 Å². The fourth-order valence-electron chi connectivity index (χ4n) is 2.76. The van der Waals surface area contributed by atoms with Crippen LogP contribution in [0.3, 0.4) is 0 Å². The number of halogens is 1. The number of benzene rings is 2. The topological polar surface area (TPSA) is 60.4 Å². The highest BCUT2D eigenvalue weighted by atomic mass is 127. The molecule has 0 aliphatic heterocycles. The van der Waals surface area contributed by atoms with Gasteiger partial charge >= 0.3 is 0 Å². The van der Waals surface area contributed by atoms with Crippen molar-refractivity contribution in [2.24, 2.45) is 4.99 Å². The van der Waals surface area contributed by atoms with Crippen LogP contribution >= 0.6 is 22.6 Å². The molecule has 0 bridgehead atoms. The second-order valence-electron chi connectivity index (χ2n) is 5.65. The maximum atomic E-state index is 11.0. The lowest BCUT2D eigenvalue weighted by molar-refractivity contribution is -0.384. The van der Waals surface area contributed by atoms with E-state index in [4.69, 9.17) is 0 Å². The van der Waals surface area contributed by atoms with Crippen molar-refractivity contribution in [2.75, 3.05) is 0 Å². The largest absolute Gasteiger partial charge is 0.318 e. The highest BCUT2D eigenvalue weighted by Gasteiger charge is 2.12. The Hall–Kier alpha value is -2.48. The minimum atomic E-state index is -0.378. The predicted molar refractivity (Wildman–Crippen MR) is 108 cm³/mol. The maximum Gasteiger partial charge on any atom is 0.271 e. The summed E-state index contributed by atoms with van der Waals surface area (Å²) in [5.74, 6) is 0. The Kier molecular flexibility index (Phi) is 4.98.